The zero-order valence-corrected chi connectivity index (χ0v) is 19.8. The van der Waals surface area contributed by atoms with Gasteiger partial charge in [0.2, 0.25) is 5.91 Å². The van der Waals surface area contributed by atoms with E-state index in [1.165, 1.54) is 5.56 Å². The van der Waals surface area contributed by atoms with Crippen LogP contribution in [0.5, 0.6) is 5.75 Å². The zero-order valence-electron chi connectivity index (χ0n) is 19.8. The van der Waals surface area contributed by atoms with Crippen molar-refractivity contribution in [2.45, 2.75) is 38.6 Å². The summed E-state index contributed by atoms with van der Waals surface area (Å²) >= 11 is 0. The number of piperazine rings is 1. The molecule has 0 spiro atoms. The fourth-order valence-corrected chi connectivity index (χ4v) is 4.94. The lowest BCUT2D eigenvalue weighted by molar-refractivity contribution is -0.126. The summed E-state index contributed by atoms with van der Waals surface area (Å²) in [6, 6.07) is 13.7. The maximum atomic E-state index is 13.0. The molecule has 7 nitrogen and oxygen atoms in total. The molecule has 0 aliphatic carbocycles. The van der Waals surface area contributed by atoms with Crippen molar-refractivity contribution in [3.8, 4) is 5.75 Å². The van der Waals surface area contributed by atoms with Crippen molar-refractivity contribution in [3.05, 3.63) is 77.0 Å². The summed E-state index contributed by atoms with van der Waals surface area (Å²) in [6.07, 6.45) is 1.28. The van der Waals surface area contributed by atoms with Gasteiger partial charge in [0.15, 0.2) is 0 Å². The van der Waals surface area contributed by atoms with Crippen LogP contribution >= 0.6 is 0 Å². The average molecular weight is 461 g/mol. The number of ether oxygens (including phenoxy) is 1. The maximum Gasteiger partial charge on any atom is 0.255 e. The number of carbonyl (C=O) groups is 2. The Hall–Kier alpha value is -3.16. The maximum absolute atomic E-state index is 13.0. The van der Waals surface area contributed by atoms with Crippen LogP contribution in [0.25, 0.3) is 0 Å². The van der Waals surface area contributed by atoms with E-state index in [9.17, 15) is 9.59 Å². The Labute approximate surface area is 201 Å². The van der Waals surface area contributed by atoms with Gasteiger partial charge < -0.3 is 19.9 Å². The van der Waals surface area contributed by atoms with E-state index < -0.39 is 6.04 Å². The molecule has 0 aromatic heterocycles. The molecule has 2 aromatic carbocycles. The molecule has 3 aliphatic heterocycles. The number of hydrogen-bond donors (Lipinski definition) is 1. The van der Waals surface area contributed by atoms with E-state index in [0.29, 0.717) is 43.0 Å². The number of likely N-dealkylation sites (N-methyl/N-ethyl adjacent to an activating group) is 1. The number of carbonyl (C=O) groups excluding carboxylic acids is 2. The summed E-state index contributed by atoms with van der Waals surface area (Å²) in [5.74, 6) is 0.438. The summed E-state index contributed by atoms with van der Waals surface area (Å²) < 4.78 is 6.15. The van der Waals surface area contributed by atoms with Crippen LogP contribution in [0, 0.1) is 0 Å². The molecule has 0 bridgehead atoms. The van der Waals surface area contributed by atoms with Crippen molar-refractivity contribution in [2.75, 3.05) is 33.2 Å². The molecule has 34 heavy (non-hydrogen) atoms. The van der Waals surface area contributed by atoms with E-state index in [-0.39, 0.29) is 11.8 Å². The van der Waals surface area contributed by atoms with Gasteiger partial charge in [-0.3, -0.25) is 14.5 Å². The number of nitrogens with zero attached hydrogens (tertiary/aromatic N) is 3. The molecule has 2 saturated heterocycles. The molecule has 3 heterocycles. The van der Waals surface area contributed by atoms with Gasteiger partial charge in [0, 0.05) is 49.5 Å². The Bertz CT molecular complexity index is 1090. The highest BCUT2D eigenvalue weighted by atomic mass is 16.5. The van der Waals surface area contributed by atoms with Gasteiger partial charge in [0.05, 0.1) is 6.54 Å². The fraction of sp³-hybridized carbons (Fsp3) is 0.407. The number of rotatable bonds is 6. The number of benzene rings is 2. The van der Waals surface area contributed by atoms with Crippen LogP contribution < -0.4 is 10.1 Å². The first-order valence-corrected chi connectivity index (χ1v) is 12.0. The molecule has 178 valence electrons. The number of piperidine rings is 1. The SMILES string of the molecule is C=C1CCC(N2Cc3c(OCc4ccc(CN5CCN(C)CC5)cc4)cccc3C2=O)C(=O)N1. The molecule has 7 heteroatoms. The zero-order chi connectivity index (χ0) is 23.7. The van der Waals surface area contributed by atoms with Gasteiger partial charge in [0.25, 0.3) is 5.91 Å². The van der Waals surface area contributed by atoms with E-state index in [4.69, 9.17) is 4.74 Å². The summed E-state index contributed by atoms with van der Waals surface area (Å²) in [6.45, 7) is 10.1. The predicted molar refractivity (Wildman–Crippen MR) is 130 cm³/mol. The van der Waals surface area contributed by atoms with E-state index in [1.54, 1.807) is 4.90 Å². The Morgan fingerprint density at radius 2 is 1.76 bits per heavy atom. The molecule has 5 rings (SSSR count). The van der Waals surface area contributed by atoms with E-state index >= 15 is 0 Å². The first-order chi connectivity index (χ1) is 16.5. The molecule has 3 aliphatic rings. The van der Waals surface area contributed by atoms with Gasteiger partial charge in [-0.25, -0.2) is 0 Å². The fourth-order valence-electron chi connectivity index (χ4n) is 4.94. The van der Waals surface area contributed by atoms with Crippen LogP contribution in [0.4, 0.5) is 0 Å². The monoisotopic (exact) mass is 460 g/mol. The predicted octanol–water partition coefficient (Wildman–Crippen LogP) is 2.76. The first kappa shape index (κ1) is 22.6. The number of amides is 2. The minimum absolute atomic E-state index is 0.110. The molecule has 1 atom stereocenters. The first-order valence-electron chi connectivity index (χ1n) is 12.0. The van der Waals surface area contributed by atoms with Crippen LogP contribution in [0.15, 0.2) is 54.7 Å². The highest BCUT2D eigenvalue weighted by Gasteiger charge is 2.39. The second-order valence-electron chi connectivity index (χ2n) is 9.55. The molecule has 1 unspecified atom stereocenters. The minimum Gasteiger partial charge on any atom is -0.489 e. The smallest absolute Gasteiger partial charge is 0.255 e. The lowest BCUT2D eigenvalue weighted by atomic mass is 10.0. The quantitative estimate of drug-likeness (QED) is 0.718. The number of allylic oxidation sites excluding steroid dienone is 1. The second kappa shape index (κ2) is 9.60. The number of nitrogens with one attached hydrogen (secondary N) is 1. The third-order valence-corrected chi connectivity index (χ3v) is 7.07. The van der Waals surface area contributed by atoms with Crippen molar-refractivity contribution in [2.24, 2.45) is 0 Å². The molecule has 2 fully saturated rings. The standard InChI is InChI=1S/C27H32N4O3/c1-19-6-11-24(26(32)28-19)31-17-23-22(27(31)33)4-3-5-25(23)34-18-21-9-7-20(8-10-21)16-30-14-12-29(2)13-15-30/h3-5,7-10,24H,1,6,11-18H2,2H3,(H,28,32). The van der Waals surface area contributed by atoms with Gasteiger partial charge in [-0.2, -0.15) is 0 Å². The highest BCUT2D eigenvalue weighted by Crippen LogP contribution is 2.34. The third kappa shape index (κ3) is 4.72. The lowest BCUT2D eigenvalue weighted by Gasteiger charge is -2.32. The largest absolute Gasteiger partial charge is 0.489 e. The van der Waals surface area contributed by atoms with Crippen molar-refractivity contribution < 1.29 is 14.3 Å². The molecule has 0 radical (unpaired) electrons. The van der Waals surface area contributed by atoms with Gasteiger partial charge in [-0.1, -0.05) is 36.9 Å². The summed E-state index contributed by atoms with van der Waals surface area (Å²) in [5.41, 5.74) is 4.59. The highest BCUT2D eigenvalue weighted by molar-refractivity contribution is 6.02. The van der Waals surface area contributed by atoms with Crippen LogP contribution in [0.3, 0.4) is 0 Å². The van der Waals surface area contributed by atoms with Crippen LogP contribution in [0.1, 0.15) is 39.9 Å². The Morgan fingerprint density at radius 1 is 1.03 bits per heavy atom. The second-order valence-corrected chi connectivity index (χ2v) is 9.55. The van der Waals surface area contributed by atoms with E-state index in [0.717, 1.165) is 43.9 Å². The van der Waals surface area contributed by atoms with E-state index in [1.807, 2.05) is 18.2 Å². The van der Waals surface area contributed by atoms with E-state index in [2.05, 4.69) is 53.0 Å². The van der Waals surface area contributed by atoms with Gasteiger partial charge in [0.1, 0.15) is 18.4 Å². The molecular formula is C27H32N4O3. The topological polar surface area (TPSA) is 65.1 Å². The molecule has 2 amide bonds. The summed E-state index contributed by atoms with van der Waals surface area (Å²) in [7, 11) is 2.17. The van der Waals surface area contributed by atoms with Crippen molar-refractivity contribution >= 4 is 11.8 Å². The Morgan fingerprint density at radius 3 is 2.50 bits per heavy atom. The van der Waals surface area contributed by atoms with Gasteiger partial charge >= 0.3 is 0 Å². The molecule has 0 saturated carbocycles. The molecule has 1 N–H and O–H groups in total. The normalized spacial score (nSPS) is 21.5. The Balaban J connectivity index is 1.21. The van der Waals surface area contributed by atoms with Crippen molar-refractivity contribution in [1.29, 1.82) is 0 Å². The summed E-state index contributed by atoms with van der Waals surface area (Å²) in [5, 5.41) is 2.78. The van der Waals surface area contributed by atoms with Gasteiger partial charge in [-0.15, -0.1) is 0 Å². The number of fused-ring (bicyclic) bond motifs is 1. The third-order valence-electron chi connectivity index (χ3n) is 7.07. The lowest BCUT2D eigenvalue weighted by Crippen LogP contribution is -2.49. The van der Waals surface area contributed by atoms with Crippen molar-refractivity contribution in [3.63, 3.8) is 0 Å². The minimum atomic E-state index is -0.467. The van der Waals surface area contributed by atoms with Crippen molar-refractivity contribution in [1.82, 2.24) is 20.0 Å². The summed E-state index contributed by atoms with van der Waals surface area (Å²) in [4.78, 5) is 32.0. The van der Waals surface area contributed by atoms with Crippen LogP contribution in [-0.4, -0.2) is 65.8 Å². The van der Waals surface area contributed by atoms with Gasteiger partial charge in [-0.05, 0) is 43.1 Å². The Kier molecular flexibility index (Phi) is 6.39. The van der Waals surface area contributed by atoms with Crippen LogP contribution in [0.2, 0.25) is 0 Å². The molecule has 2 aromatic rings. The molecular weight excluding hydrogens is 428 g/mol. The van der Waals surface area contributed by atoms with Crippen LogP contribution in [-0.2, 0) is 24.5 Å². The average Bonchev–Trinajstić information content (AvgIpc) is 3.17. The number of hydrogen-bond acceptors (Lipinski definition) is 5.